The number of likely N-dealkylation sites (N-methyl/N-ethyl adjacent to an activating group) is 1. The molecule has 1 fully saturated rings. The lowest BCUT2D eigenvalue weighted by atomic mass is 10.2. The maximum atomic E-state index is 11.9. The molecule has 0 radical (unpaired) electrons. The van der Waals surface area contributed by atoms with Gasteiger partial charge in [0.1, 0.15) is 6.07 Å². The fourth-order valence-corrected chi connectivity index (χ4v) is 2.38. The van der Waals surface area contributed by atoms with E-state index in [1.54, 1.807) is 18.2 Å². The number of nitrogens with one attached hydrogen (secondary N) is 2. The first-order valence-corrected chi connectivity index (χ1v) is 6.90. The van der Waals surface area contributed by atoms with Crippen LogP contribution in [0.2, 0.25) is 0 Å². The molecule has 0 saturated carbocycles. The van der Waals surface area contributed by atoms with E-state index in [-0.39, 0.29) is 5.91 Å². The van der Waals surface area contributed by atoms with Crippen molar-refractivity contribution in [3.05, 3.63) is 29.8 Å². The second kappa shape index (κ2) is 7.04. The van der Waals surface area contributed by atoms with Gasteiger partial charge in [0.25, 0.3) is 0 Å². The molecule has 1 unspecified atom stereocenters. The number of carbonyl (C=O) groups is 1. The number of hydrogen-bond acceptors (Lipinski definition) is 4. The topological polar surface area (TPSA) is 68.2 Å². The largest absolute Gasteiger partial charge is 0.325 e. The van der Waals surface area contributed by atoms with E-state index in [1.165, 1.54) is 0 Å². The molecule has 1 amide bonds. The van der Waals surface area contributed by atoms with Crippen molar-refractivity contribution in [3.63, 3.8) is 0 Å². The summed E-state index contributed by atoms with van der Waals surface area (Å²) in [7, 11) is 2.05. The summed E-state index contributed by atoms with van der Waals surface area (Å²) in [5.41, 5.74) is 1.08. The molecule has 1 aliphatic rings. The fraction of sp³-hybridized carbons (Fsp3) is 0.467. The van der Waals surface area contributed by atoms with Crippen LogP contribution in [-0.2, 0) is 4.79 Å². The third kappa shape index (κ3) is 3.80. The van der Waals surface area contributed by atoms with Gasteiger partial charge in [0.2, 0.25) is 5.91 Å². The standard InChI is InChI=1S/C15H20N4O/c1-19(13-6-8-17-11-13)9-7-15(20)18-14-5-3-2-4-12(14)10-16/h2-5,13,17H,6-9,11H2,1H3,(H,18,20). The molecule has 0 bridgehead atoms. The predicted octanol–water partition coefficient (Wildman–Crippen LogP) is 1.18. The van der Waals surface area contributed by atoms with E-state index < -0.39 is 0 Å². The Bertz CT molecular complexity index is 503. The van der Waals surface area contributed by atoms with Crippen molar-refractivity contribution in [1.29, 1.82) is 5.26 Å². The number of para-hydroxylation sites is 1. The zero-order valence-corrected chi connectivity index (χ0v) is 11.7. The predicted molar refractivity (Wildman–Crippen MR) is 78.3 cm³/mol. The number of carbonyl (C=O) groups excluding carboxylic acids is 1. The van der Waals surface area contributed by atoms with Gasteiger partial charge in [-0.2, -0.15) is 5.26 Å². The Labute approximate surface area is 119 Å². The highest BCUT2D eigenvalue weighted by Crippen LogP contribution is 2.14. The van der Waals surface area contributed by atoms with E-state index in [0.717, 1.165) is 26.1 Å². The van der Waals surface area contributed by atoms with Gasteiger partial charge in [-0.05, 0) is 32.1 Å². The summed E-state index contributed by atoms with van der Waals surface area (Å²) in [5.74, 6) is -0.0505. The third-order valence-electron chi connectivity index (χ3n) is 3.67. The van der Waals surface area contributed by atoms with Crippen LogP contribution in [0.1, 0.15) is 18.4 Å². The fourth-order valence-electron chi connectivity index (χ4n) is 2.38. The van der Waals surface area contributed by atoms with Crippen LogP contribution in [0.25, 0.3) is 0 Å². The van der Waals surface area contributed by atoms with Gasteiger partial charge >= 0.3 is 0 Å². The first kappa shape index (κ1) is 14.5. The highest BCUT2D eigenvalue weighted by molar-refractivity contribution is 5.92. The average Bonchev–Trinajstić information content (AvgIpc) is 2.99. The third-order valence-corrected chi connectivity index (χ3v) is 3.67. The molecule has 0 aromatic heterocycles. The van der Waals surface area contributed by atoms with Crippen molar-refractivity contribution in [2.75, 3.05) is 32.0 Å². The number of hydrogen-bond donors (Lipinski definition) is 2. The highest BCUT2D eigenvalue weighted by Gasteiger charge is 2.19. The molecule has 5 nitrogen and oxygen atoms in total. The van der Waals surface area contributed by atoms with Crippen LogP contribution in [-0.4, -0.2) is 43.5 Å². The summed E-state index contributed by atoms with van der Waals surface area (Å²) in [6.45, 7) is 2.78. The Morgan fingerprint density at radius 3 is 3.05 bits per heavy atom. The van der Waals surface area contributed by atoms with Crippen molar-refractivity contribution < 1.29 is 4.79 Å². The van der Waals surface area contributed by atoms with Gasteiger partial charge in [-0.15, -0.1) is 0 Å². The molecular weight excluding hydrogens is 252 g/mol. The van der Waals surface area contributed by atoms with Crippen molar-refractivity contribution in [2.24, 2.45) is 0 Å². The van der Waals surface area contributed by atoms with Gasteiger partial charge in [-0.25, -0.2) is 0 Å². The molecule has 0 spiro atoms. The van der Waals surface area contributed by atoms with Crippen LogP contribution in [0.3, 0.4) is 0 Å². The molecule has 2 N–H and O–H groups in total. The molecule has 20 heavy (non-hydrogen) atoms. The summed E-state index contributed by atoms with van der Waals surface area (Å²) >= 11 is 0. The van der Waals surface area contributed by atoms with Gasteiger partial charge in [0, 0.05) is 25.6 Å². The monoisotopic (exact) mass is 272 g/mol. The lowest BCUT2D eigenvalue weighted by Crippen LogP contribution is -2.35. The Balaban J connectivity index is 1.82. The number of nitriles is 1. The number of nitrogens with zero attached hydrogens (tertiary/aromatic N) is 2. The first-order valence-electron chi connectivity index (χ1n) is 6.90. The van der Waals surface area contributed by atoms with Gasteiger partial charge < -0.3 is 15.5 Å². The second-order valence-corrected chi connectivity index (χ2v) is 5.08. The summed E-state index contributed by atoms with van der Waals surface area (Å²) in [4.78, 5) is 14.2. The molecule has 1 heterocycles. The smallest absolute Gasteiger partial charge is 0.225 e. The number of anilines is 1. The molecule has 1 atom stereocenters. The molecule has 2 rings (SSSR count). The summed E-state index contributed by atoms with van der Waals surface area (Å²) in [6.07, 6.45) is 1.57. The molecular formula is C15H20N4O. The first-order chi connectivity index (χ1) is 9.70. The highest BCUT2D eigenvalue weighted by atomic mass is 16.1. The van der Waals surface area contributed by atoms with Crippen LogP contribution < -0.4 is 10.6 Å². The molecule has 0 aliphatic carbocycles. The number of rotatable bonds is 5. The Morgan fingerprint density at radius 2 is 2.35 bits per heavy atom. The van der Waals surface area contributed by atoms with Crippen molar-refractivity contribution in [3.8, 4) is 6.07 Å². The van der Waals surface area contributed by atoms with Crippen LogP contribution >= 0.6 is 0 Å². The van der Waals surface area contributed by atoms with Crippen LogP contribution in [0.4, 0.5) is 5.69 Å². The minimum Gasteiger partial charge on any atom is -0.325 e. The van der Waals surface area contributed by atoms with E-state index in [1.807, 2.05) is 13.1 Å². The van der Waals surface area contributed by atoms with Gasteiger partial charge in [0.15, 0.2) is 0 Å². The summed E-state index contributed by atoms with van der Waals surface area (Å²) in [5, 5.41) is 15.1. The van der Waals surface area contributed by atoms with E-state index >= 15 is 0 Å². The van der Waals surface area contributed by atoms with Crippen LogP contribution in [0, 0.1) is 11.3 Å². The van der Waals surface area contributed by atoms with Crippen molar-refractivity contribution in [2.45, 2.75) is 18.9 Å². The van der Waals surface area contributed by atoms with Gasteiger partial charge in [-0.3, -0.25) is 4.79 Å². The van der Waals surface area contributed by atoms with Crippen LogP contribution in [0.15, 0.2) is 24.3 Å². The molecule has 1 aliphatic heterocycles. The van der Waals surface area contributed by atoms with Crippen molar-refractivity contribution in [1.82, 2.24) is 10.2 Å². The maximum Gasteiger partial charge on any atom is 0.225 e. The summed E-state index contributed by atoms with van der Waals surface area (Å²) in [6, 6.07) is 9.65. The van der Waals surface area contributed by atoms with E-state index in [4.69, 9.17) is 5.26 Å². The average molecular weight is 272 g/mol. The lowest BCUT2D eigenvalue weighted by molar-refractivity contribution is -0.116. The lowest BCUT2D eigenvalue weighted by Gasteiger charge is -2.22. The Hall–Kier alpha value is -1.90. The zero-order valence-electron chi connectivity index (χ0n) is 11.7. The van der Waals surface area contributed by atoms with Gasteiger partial charge in [-0.1, -0.05) is 12.1 Å². The van der Waals surface area contributed by atoms with E-state index in [0.29, 0.717) is 23.7 Å². The number of benzene rings is 1. The molecule has 1 saturated heterocycles. The molecule has 5 heteroatoms. The Kier molecular flexibility index (Phi) is 5.10. The number of amides is 1. The van der Waals surface area contributed by atoms with E-state index in [9.17, 15) is 4.79 Å². The van der Waals surface area contributed by atoms with E-state index in [2.05, 4.69) is 21.6 Å². The quantitative estimate of drug-likeness (QED) is 0.844. The van der Waals surface area contributed by atoms with Crippen LogP contribution in [0.5, 0.6) is 0 Å². The minimum absolute atomic E-state index is 0.0505. The molecule has 1 aromatic carbocycles. The van der Waals surface area contributed by atoms with Gasteiger partial charge in [0.05, 0.1) is 11.3 Å². The zero-order chi connectivity index (χ0) is 14.4. The van der Waals surface area contributed by atoms with Crippen molar-refractivity contribution >= 4 is 11.6 Å². The SMILES string of the molecule is CN(CCC(=O)Nc1ccccc1C#N)C1CCNC1. The Morgan fingerprint density at radius 1 is 1.55 bits per heavy atom. The summed E-state index contributed by atoms with van der Waals surface area (Å²) < 4.78 is 0. The maximum absolute atomic E-state index is 11.9. The minimum atomic E-state index is -0.0505. The molecule has 1 aromatic rings. The second-order valence-electron chi connectivity index (χ2n) is 5.08. The molecule has 106 valence electrons. The normalized spacial score (nSPS) is 17.9.